The topological polar surface area (TPSA) is 62.3 Å². The summed E-state index contributed by atoms with van der Waals surface area (Å²) in [5, 5.41) is 3.36. The third kappa shape index (κ3) is 4.82. The fourth-order valence-corrected chi connectivity index (χ4v) is 3.39. The van der Waals surface area contributed by atoms with Gasteiger partial charge in [0, 0.05) is 31.4 Å². The second-order valence-corrected chi connectivity index (χ2v) is 7.04. The first-order valence-corrected chi connectivity index (χ1v) is 9.50. The van der Waals surface area contributed by atoms with Gasteiger partial charge in [0.05, 0.1) is 16.3 Å². The van der Waals surface area contributed by atoms with Crippen LogP contribution in [0, 0.1) is 5.82 Å². The van der Waals surface area contributed by atoms with Crippen LogP contribution in [0.25, 0.3) is 0 Å². The lowest BCUT2D eigenvalue weighted by Gasteiger charge is -2.14. The summed E-state index contributed by atoms with van der Waals surface area (Å²) in [6.07, 6.45) is 3.66. The standard InChI is InChI=1S/C19H20FN3O2S/c20-16-6-2-1-5-14(16)11-21-17(24)13-26-18-8-7-15(12-22-18)19(25)23-9-3-4-10-23/h1-2,5-8,12H,3-4,9-11,13H2,(H,21,24). The highest BCUT2D eigenvalue weighted by molar-refractivity contribution is 7.99. The van der Waals surface area contributed by atoms with E-state index in [0.29, 0.717) is 16.2 Å². The first-order chi connectivity index (χ1) is 12.6. The second kappa shape index (κ2) is 8.80. The van der Waals surface area contributed by atoms with Crippen molar-refractivity contribution in [3.8, 4) is 0 Å². The Hall–Kier alpha value is -2.41. The van der Waals surface area contributed by atoms with Crippen molar-refractivity contribution >= 4 is 23.6 Å². The van der Waals surface area contributed by atoms with Gasteiger partial charge in [-0.3, -0.25) is 9.59 Å². The molecule has 1 aliphatic rings. The minimum Gasteiger partial charge on any atom is -0.351 e. The van der Waals surface area contributed by atoms with Gasteiger partial charge < -0.3 is 10.2 Å². The minimum absolute atomic E-state index is 0.00850. The maximum Gasteiger partial charge on any atom is 0.255 e. The Kier molecular flexibility index (Phi) is 6.22. The van der Waals surface area contributed by atoms with Gasteiger partial charge >= 0.3 is 0 Å². The molecule has 0 aliphatic carbocycles. The molecule has 136 valence electrons. The van der Waals surface area contributed by atoms with Crippen molar-refractivity contribution in [1.82, 2.24) is 15.2 Å². The number of likely N-dealkylation sites (tertiary alicyclic amines) is 1. The molecule has 1 aromatic carbocycles. The van der Waals surface area contributed by atoms with Crippen LogP contribution in [0.1, 0.15) is 28.8 Å². The van der Waals surface area contributed by atoms with Crippen LogP contribution in [0.2, 0.25) is 0 Å². The Morgan fingerprint density at radius 3 is 2.62 bits per heavy atom. The van der Waals surface area contributed by atoms with Crippen LogP contribution in [-0.4, -0.2) is 40.5 Å². The van der Waals surface area contributed by atoms with Crippen molar-refractivity contribution < 1.29 is 14.0 Å². The van der Waals surface area contributed by atoms with Crippen LogP contribution < -0.4 is 5.32 Å². The fourth-order valence-electron chi connectivity index (χ4n) is 2.72. The number of nitrogens with one attached hydrogen (secondary N) is 1. The average Bonchev–Trinajstić information content (AvgIpc) is 3.20. The van der Waals surface area contributed by atoms with Crippen LogP contribution in [0.3, 0.4) is 0 Å². The number of thioether (sulfide) groups is 1. The highest BCUT2D eigenvalue weighted by atomic mass is 32.2. The van der Waals surface area contributed by atoms with E-state index in [9.17, 15) is 14.0 Å². The molecule has 0 unspecified atom stereocenters. The van der Waals surface area contributed by atoms with Crippen LogP contribution >= 0.6 is 11.8 Å². The number of benzene rings is 1. The molecule has 1 fully saturated rings. The van der Waals surface area contributed by atoms with Crippen LogP contribution in [0.4, 0.5) is 4.39 Å². The van der Waals surface area contributed by atoms with Crippen molar-refractivity contribution in [1.29, 1.82) is 0 Å². The van der Waals surface area contributed by atoms with Gasteiger partial charge in [-0.05, 0) is 31.0 Å². The lowest BCUT2D eigenvalue weighted by molar-refractivity contribution is -0.118. The summed E-state index contributed by atoms with van der Waals surface area (Å²) in [6.45, 7) is 1.76. The van der Waals surface area contributed by atoms with Crippen molar-refractivity contribution in [2.45, 2.75) is 24.4 Å². The number of carbonyl (C=O) groups excluding carboxylic acids is 2. The number of aromatic nitrogens is 1. The first-order valence-electron chi connectivity index (χ1n) is 8.52. The van der Waals surface area contributed by atoms with E-state index in [1.165, 1.54) is 17.8 Å². The number of amides is 2. The number of hydrogen-bond acceptors (Lipinski definition) is 4. The number of rotatable bonds is 6. The molecule has 1 aromatic heterocycles. The molecular formula is C19H20FN3O2S. The summed E-state index contributed by atoms with van der Waals surface area (Å²) in [5.41, 5.74) is 1.02. The van der Waals surface area contributed by atoms with E-state index in [-0.39, 0.29) is 29.9 Å². The highest BCUT2D eigenvalue weighted by Crippen LogP contribution is 2.17. The van der Waals surface area contributed by atoms with E-state index in [2.05, 4.69) is 10.3 Å². The van der Waals surface area contributed by atoms with Crippen molar-refractivity contribution in [3.63, 3.8) is 0 Å². The van der Waals surface area contributed by atoms with Crippen molar-refractivity contribution in [2.75, 3.05) is 18.8 Å². The second-order valence-electron chi connectivity index (χ2n) is 6.04. The van der Waals surface area contributed by atoms with Gasteiger partial charge in [0.25, 0.3) is 5.91 Å². The van der Waals surface area contributed by atoms with Gasteiger partial charge in [0.1, 0.15) is 5.82 Å². The number of nitrogens with zero attached hydrogens (tertiary/aromatic N) is 2. The number of pyridine rings is 1. The normalized spacial score (nSPS) is 13.7. The maximum atomic E-state index is 13.5. The summed E-state index contributed by atoms with van der Waals surface area (Å²) in [4.78, 5) is 30.2. The molecular weight excluding hydrogens is 353 g/mol. The maximum absolute atomic E-state index is 13.5. The van der Waals surface area contributed by atoms with E-state index in [4.69, 9.17) is 0 Å². The zero-order valence-electron chi connectivity index (χ0n) is 14.3. The molecule has 1 saturated heterocycles. The molecule has 3 rings (SSSR count). The molecule has 5 nitrogen and oxygen atoms in total. The summed E-state index contributed by atoms with van der Waals surface area (Å²) in [6, 6.07) is 9.84. The Morgan fingerprint density at radius 1 is 1.15 bits per heavy atom. The van der Waals surface area contributed by atoms with Gasteiger partial charge in [-0.1, -0.05) is 30.0 Å². The molecule has 0 radical (unpaired) electrons. The Bertz CT molecular complexity index is 777. The monoisotopic (exact) mass is 373 g/mol. The van der Waals surface area contributed by atoms with Crippen LogP contribution in [0.15, 0.2) is 47.6 Å². The summed E-state index contributed by atoms with van der Waals surface area (Å²) in [5.74, 6) is -0.340. The molecule has 0 bridgehead atoms. The third-order valence-corrected chi connectivity index (χ3v) is 5.11. The lowest BCUT2D eigenvalue weighted by atomic mass is 10.2. The zero-order valence-corrected chi connectivity index (χ0v) is 15.1. The zero-order chi connectivity index (χ0) is 18.4. The van der Waals surface area contributed by atoms with E-state index in [0.717, 1.165) is 25.9 Å². The molecule has 0 spiro atoms. The van der Waals surface area contributed by atoms with Gasteiger partial charge in [0.2, 0.25) is 5.91 Å². The number of carbonyl (C=O) groups is 2. The molecule has 0 saturated carbocycles. The van der Waals surface area contributed by atoms with E-state index in [1.54, 1.807) is 36.5 Å². The lowest BCUT2D eigenvalue weighted by Crippen LogP contribution is -2.27. The van der Waals surface area contributed by atoms with E-state index in [1.807, 2.05) is 4.90 Å². The Morgan fingerprint density at radius 2 is 1.92 bits per heavy atom. The first kappa shape index (κ1) is 18.4. The smallest absolute Gasteiger partial charge is 0.255 e. The van der Waals surface area contributed by atoms with Crippen LogP contribution in [-0.2, 0) is 11.3 Å². The van der Waals surface area contributed by atoms with Gasteiger partial charge in [-0.25, -0.2) is 9.37 Å². The average molecular weight is 373 g/mol. The van der Waals surface area contributed by atoms with Crippen molar-refractivity contribution in [2.24, 2.45) is 0 Å². The SMILES string of the molecule is O=C(CSc1ccc(C(=O)N2CCCC2)cn1)NCc1ccccc1F. The van der Waals surface area contributed by atoms with Gasteiger partial charge in [-0.2, -0.15) is 0 Å². The molecule has 0 atom stereocenters. The Balaban J connectivity index is 1.46. The molecule has 2 heterocycles. The molecule has 7 heteroatoms. The van der Waals surface area contributed by atoms with Gasteiger partial charge in [0.15, 0.2) is 0 Å². The molecule has 2 aromatic rings. The summed E-state index contributed by atoms with van der Waals surface area (Å²) in [7, 11) is 0. The van der Waals surface area contributed by atoms with E-state index >= 15 is 0 Å². The predicted molar refractivity (Wildman–Crippen MR) is 98.3 cm³/mol. The van der Waals surface area contributed by atoms with Gasteiger partial charge in [-0.15, -0.1) is 0 Å². The molecule has 26 heavy (non-hydrogen) atoms. The van der Waals surface area contributed by atoms with Crippen LogP contribution in [0.5, 0.6) is 0 Å². The van der Waals surface area contributed by atoms with Crippen molar-refractivity contribution in [3.05, 3.63) is 59.5 Å². The predicted octanol–water partition coefficient (Wildman–Crippen LogP) is 2.87. The highest BCUT2D eigenvalue weighted by Gasteiger charge is 2.19. The molecule has 1 aliphatic heterocycles. The summed E-state index contributed by atoms with van der Waals surface area (Å²) >= 11 is 1.28. The largest absolute Gasteiger partial charge is 0.351 e. The Labute approximate surface area is 156 Å². The summed E-state index contributed by atoms with van der Waals surface area (Å²) < 4.78 is 13.5. The minimum atomic E-state index is -0.333. The molecule has 2 amide bonds. The quantitative estimate of drug-likeness (QED) is 0.791. The number of hydrogen-bond donors (Lipinski definition) is 1. The van der Waals surface area contributed by atoms with E-state index < -0.39 is 0 Å². The third-order valence-electron chi connectivity index (χ3n) is 4.16. The fraction of sp³-hybridized carbons (Fsp3) is 0.316. The number of halogens is 1. The molecule has 1 N–H and O–H groups in total.